The van der Waals surface area contributed by atoms with Crippen molar-refractivity contribution < 1.29 is 0 Å². The maximum atomic E-state index is 4.72. The van der Waals surface area contributed by atoms with E-state index >= 15 is 0 Å². The molecule has 1 saturated heterocycles. The van der Waals surface area contributed by atoms with E-state index in [1.54, 1.807) is 11.3 Å². The largest absolute Gasteiger partial charge is 0.369 e. The molecule has 0 unspecified atom stereocenters. The Hall–Kier alpha value is -3.03. The van der Waals surface area contributed by atoms with Crippen molar-refractivity contribution in [2.24, 2.45) is 0 Å². The summed E-state index contributed by atoms with van der Waals surface area (Å²) in [7, 11) is 0. The van der Waals surface area contributed by atoms with Gasteiger partial charge in [0, 0.05) is 56.5 Å². The fourth-order valence-electron chi connectivity index (χ4n) is 3.42. The fraction of sp³-hybridized carbons (Fsp3) is 0.190. The molecule has 4 aromatic rings. The highest BCUT2D eigenvalue weighted by atomic mass is 32.1. The van der Waals surface area contributed by atoms with E-state index < -0.39 is 0 Å². The molecule has 0 amide bonds. The van der Waals surface area contributed by atoms with Gasteiger partial charge in [-0.2, -0.15) is 0 Å². The predicted molar refractivity (Wildman–Crippen MR) is 115 cm³/mol. The Morgan fingerprint density at radius 3 is 2.64 bits per heavy atom. The van der Waals surface area contributed by atoms with Gasteiger partial charge in [-0.25, -0.2) is 9.97 Å². The lowest BCUT2D eigenvalue weighted by molar-refractivity contribution is 0.589. The Kier molecular flexibility index (Phi) is 4.60. The Morgan fingerprint density at radius 2 is 1.79 bits per heavy atom. The number of hydrogen-bond acceptors (Lipinski definition) is 7. The van der Waals surface area contributed by atoms with Gasteiger partial charge in [0.25, 0.3) is 0 Å². The number of pyridine rings is 2. The van der Waals surface area contributed by atoms with E-state index in [2.05, 4.69) is 55.8 Å². The van der Waals surface area contributed by atoms with Gasteiger partial charge in [-0.15, -0.1) is 0 Å². The van der Waals surface area contributed by atoms with Gasteiger partial charge in [0.1, 0.15) is 5.82 Å². The molecule has 140 valence electrons. The van der Waals surface area contributed by atoms with E-state index in [1.807, 2.05) is 30.7 Å². The van der Waals surface area contributed by atoms with Crippen molar-refractivity contribution in [3.8, 4) is 11.1 Å². The van der Waals surface area contributed by atoms with Crippen molar-refractivity contribution in [3.63, 3.8) is 0 Å². The minimum atomic E-state index is 0.824. The van der Waals surface area contributed by atoms with Gasteiger partial charge in [0.2, 0.25) is 0 Å². The van der Waals surface area contributed by atoms with Gasteiger partial charge in [0.15, 0.2) is 5.13 Å². The third kappa shape index (κ3) is 3.54. The summed E-state index contributed by atoms with van der Waals surface area (Å²) in [6, 6.07) is 14.6. The van der Waals surface area contributed by atoms with Crippen LogP contribution in [0.25, 0.3) is 21.3 Å². The van der Waals surface area contributed by atoms with Gasteiger partial charge >= 0.3 is 0 Å². The van der Waals surface area contributed by atoms with E-state index in [0.29, 0.717) is 0 Å². The number of rotatable bonds is 4. The first-order chi connectivity index (χ1) is 13.8. The van der Waals surface area contributed by atoms with Crippen LogP contribution in [-0.4, -0.2) is 41.1 Å². The number of nitrogens with zero attached hydrogens (tertiary/aromatic N) is 4. The topological polar surface area (TPSA) is 66.0 Å². The first-order valence-corrected chi connectivity index (χ1v) is 10.2. The van der Waals surface area contributed by atoms with Crippen LogP contribution < -0.4 is 15.5 Å². The fourth-order valence-corrected chi connectivity index (χ4v) is 4.33. The summed E-state index contributed by atoms with van der Waals surface area (Å²) in [4.78, 5) is 15.7. The highest BCUT2D eigenvalue weighted by molar-refractivity contribution is 7.22. The zero-order valence-electron chi connectivity index (χ0n) is 15.3. The van der Waals surface area contributed by atoms with Gasteiger partial charge in [-0.05, 0) is 41.5 Å². The summed E-state index contributed by atoms with van der Waals surface area (Å²) in [5.74, 6) is 0.824. The van der Waals surface area contributed by atoms with Gasteiger partial charge in [-0.1, -0.05) is 17.4 Å². The Morgan fingerprint density at radius 1 is 0.929 bits per heavy atom. The average Bonchev–Trinajstić information content (AvgIpc) is 3.16. The second-order valence-electron chi connectivity index (χ2n) is 6.70. The number of fused-ring (bicyclic) bond motifs is 1. The van der Waals surface area contributed by atoms with Crippen molar-refractivity contribution in [1.82, 2.24) is 20.3 Å². The number of aromatic nitrogens is 3. The quantitative estimate of drug-likeness (QED) is 0.553. The summed E-state index contributed by atoms with van der Waals surface area (Å²) in [6.45, 7) is 4.07. The van der Waals surface area contributed by atoms with Crippen molar-refractivity contribution >= 4 is 38.2 Å². The molecule has 4 heterocycles. The van der Waals surface area contributed by atoms with Gasteiger partial charge in [0.05, 0.1) is 10.2 Å². The van der Waals surface area contributed by atoms with Crippen LogP contribution in [0.1, 0.15) is 0 Å². The van der Waals surface area contributed by atoms with E-state index in [-0.39, 0.29) is 0 Å². The van der Waals surface area contributed by atoms with Crippen LogP contribution in [0.15, 0.2) is 61.1 Å². The Labute approximate surface area is 167 Å². The smallest absolute Gasteiger partial charge is 0.189 e. The van der Waals surface area contributed by atoms with Crippen molar-refractivity contribution in [3.05, 3.63) is 61.1 Å². The molecular weight excluding hydrogens is 368 g/mol. The van der Waals surface area contributed by atoms with Crippen molar-refractivity contribution in [2.45, 2.75) is 0 Å². The molecule has 0 spiro atoms. The van der Waals surface area contributed by atoms with Gasteiger partial charge in [-0.3, -0.25) is 4.98 Å². The number of piperazine rings is 1. The summed E-state index contributed by atoms with van der Waals surface area (Å²) < 4.78 is 1.15. The zero-order chi connectivity index (χ0) is 18.8. The van der Waals surface area contributed by atoms with Crippen LogP contribution in [0.3, 0.4) is 0 Å². The highest BCUT2D eigenvalue weighted by Crippen LogP contribution is 2.32. The molecule has 0 aliphatic carbocycles. The van der Waals surface area contributed by atoms with Crippen LogP contribution in [0.4, 0.5) is 16.6 Å². The molecule has 5 rings (SSSR count). The lowest BCUT2D eigenvalue weighted by atomic mass is 10.1. The number of nitrogens with one attached hydrogen (secondary N) is 2. The second kappa shape index (κ2) is 7.53. The first-order valence-electron chi connectivity index (χ1n) is 9.35. The SMILES string of the molecule is c1cc(-c2ccc3nc(Nc4cc(N5CCNCC5)ccn4)sc3c2)ccn1. The molecule has 1 fully saturated rings. The van der Waals surface area contributed by atoms with Crippen molar-refractivity contribution in [2.75, 3.05) is 36.4 Å². The normalized spacial score (nSPS) is 14.4. The molecule has 3 aromatic heterocycles. The Bertz CT molecular complexity index is 1090. The molecule has 6 nitrogen and oxygen atoms in total. The zero-order valence-corrected chi connectivity index (χ0v) is 16.1. The lowest BCUT2D eigenvalue weighted by Crippen LogP contribution is -2.43. The monoisotopic (exact) mass is 388 g/mol. The summed E-state index contributed by atoms with van der Waals surface area (Å²) >= 11 is 1.64. The number of hydrogen-bond donors (Lipinski definition) is 2. The maximum Gasteiger partial charge on any atom is 0.189 e. The molecule has 0 atom stereocenters. The van der Waals surface area contributed by atoms with E-state index in [9.17, 15) is 0 Å². The van der Waals surface area contributed by atoms with Crippen LogP contribution in [-0.2, 0) is 0 Å². The van der Waals surface area contributed by atoms with Crippen molar-refractivity contribution in [1.29, 1.82) is 0 Å². The molecule has 1 aliphatic heterocycles. The van der Waals surface area contributed by atoms with Crippen LogP contribution in [0.5, 0.6) is 0 Å². The average molecular weight is 388 g/mol. The summed E-state index contributed by atoms with van der Waals surface area (Å²) in [5, 5.41) is 7.62. The minimum Gasteiger partial charge on any atom is -0.369 e. The third-order valence-electron chi connectivity index (χ3n) is 4.86. The van der Waals surface area contributed by atoms with Gasteiger partial charge < -0.3 is 15.5 Å². The predicted octanol–water partition coefficient (Wildman–Crippen LogP) is 3.91. The highest BCUT2D eigenvalue weighted by Gasteiger charge is 2.12. The first kappa shape index (κ1) is 17.1. The Balaban J connectivity index is 1.39. The summed E-state index contributed by atoms with van der Waals surface area (Å²) in [6.07, 6.45) is 5.49. The molecule has 0 bridgehead atoms. The molecule has 2 N–H and O–H groups in total. The second-order valence-corrected chi connectivity index (χ2v) is 7.73. The van der Waals surface area contributed by atoms with E-state index in [0.717, 1.165) is 52.9 Å². The molecule has 1 aliphatic rings. The summed E-state index contributed by atoms with van der Waals surface area (Å²) in [5.41, 5.74) is 4.51. The van der Waals surface area contributed by atoms with E-state index in [4.69, 9.17) is 4.98 Å². The molecule has 0 saturated carbocycles. The molecule has 0 radical (unpaired) electrons. The minimum absolute atomic E-state index is 0.824. The molecular formula is C21H20N6S. The number of benzene rings is 1. The molecule has 7 heteroatoms. The maximum absolute atomic E-state index is 4.72. The standard InChI is InChI=1S/C21H20N6S/c1-2-18-19(13-16(1)15-3-6-22-7-4-15)28-21(25-18)26-20-14-17(5-8-24-20)27-11-9-23-10-12-27/h1-8,13-14,23H,9-12H2,(H,24,25,26). The van der Waals surface area contributed by atoms with E-state index in [1.165, 1.54) is 11.3 Å². The molecule has 1 aromatic carbocycles. The van der Waals surface area contributed by atoms with Crippen LogP contribution in [0, 0.1) is 0 Å². The number of anilines is 3. The third-order valence-corrected chi connectivity index (χ3v) is 5.80. The van der Waals surface area contributed by atoms with Crippen LogP contribution in [0.2, 0.25) is 0 Å². The lowest BCUT2D eigenvalue weighted by Gasteiger charge is -2.29. The van der Waals surface area contributed by atoms with Crippen LogP contribution >= 0.6 is 11.3 Å². The number of thiazole rings is 1. The molecule has 28 heavy (non-hydrogen) atoms.